The van der Waals surface area contributed by atoms with Crippen LogP contribution in [0.4, 0.5) is 4.79 Å². The summed E-state index contributed by atoms with van der Waals surface area (Å²) in [6, 6.07) is 13.5. The van der Waals surface area contributed by atoms with Crippen LogP contribution in [-0.4, -0.2) is 40.2 Å². The molecule has 0 radical (unpaired) electrons. The minimum atomic E-state index is -0.577. The van der Waals surface area contributed by atoms with Crippen molar-refractivity contribution in [3.8, 4) is 16.3 Å². The first kappa shape index (κ1) is 28.5. The number of fused-ring (bicyclic) bond motifs is 1. The molecule has 2 aromatic carbocycles. The fraction of sp³-hybridized carbons (Fsp3) is 0.375. The molecule has 2 amide bonds. The molecule has 1 aliphatic carbocycles. The smallest absolute Gasteiger partial charge is 0.407 e. The molecular formula is C32H36N4O4S. The van der Waals surface area contributed by atoms with Crippen LogP contribution in [0.5, 0.6) is 5.75 Å². The van der Waals surface area contributed by atoms with Crippen molar-refractivity contribution in [1.82, 2.24) is 20.6 Å². The maximum absolute atomic E-state index is 13.7. The van der Waals surface area contributed by atoms with E-state index in [1.807, 2.05) is 65.1 Å². The van der Waals surface area contributed by atoms with E-state index in [2.05, 4.69) is 33.8 Å². The second kappa shape index (κ2) is 11.1. The lowest BCUT2D eigenvalue weighted by molar-refractivity contribution is 0.0494. The second-order valence-electron chi connectivity index (χ2n) is 11.8. The summed E-state index contributed by atoms with van der Waals surface area (Å²) in [4.78, 5) is 35.1. The number of rotatable bonds is 8. The first-order chi connectivity index (χ1) is 19.4. The van der Waals surface area contributed by atoms with Gasteiger partial charge in [-0.3, -0.25) is 9.78 Å². The third-order valence-electron chi connectivity index (χ3n) is 6.96. The zero-order valence-corrected chi connectivity index (χ0v) is 25.1. The summed E-state index contributed by atoms with van der Waals surface area (Å²) < 4.78 is 11.2. The van der Waals surface area contributed by atoms with Gasteiger partial charge in [0.15, 0.2) is 0 Å². The Morgan fingerprint density at radius 3 is 2.56 bits per heavy atom. The summed E-state index contributed by atoms with van der Waals surface area (Å²) in [5, 5.41) is 10.0. The number of amides is 2. The Bertz CT molecular complexity index is 1590. The van der Waals surface area contributed by atoms with Crippen molar-refractivity contribution in [3.63, 3.8) is 0 Å². The van der Waals surface area contributed by atoms with Crippen molar-refractivity contribution in [1.29, 1.82) is 0 Å². The lowest BCUT2D eigenvalue weighted by Crippen LogP contribution is -2.40. The van der Waals surface area contributed by atoms with E-state index in [4.69, 9.17) is 14.5 Å². The number of alkyl carbamates (subject to hydrolysis) is 1. The number of aromatic nitrogens is 2. The van der Waals surface area contributed by atoms with Gasteiger partial charge in [0.2, 0.25) is 0 Å². The third-order valence-corrected chi connectivity index (χ3v) is 7.78. The van der Waals surface area contributed by atoms with Crippen LogP contribution >= 0.6 is 11.3 Å². The van der Waals surface area contributed by atoms with Gasteiger partial charge < -0.3 is 20.1 Å². The number of carbonyl (C=O) groups excluding carboxylic acids is 2. The van der Waals surface area contributed by atoms with Crippen molar-refractivity contribution < 1.29 is 19.1 Å². The predicted octanol–water partition coefficient (Wildman–Crippen LogP) is 6.69. The molecule has 1 saturated carbocycles. The van der Waals surface area contributed by atoms with Crippen LogP contribution in [-0.2, 0) is 10.3 Å². The molecule has 8 nitrogen and oxygen atoms in total. The van der Waals surface area contributed by atoms with Gasteiger partial charge in [0.25, 0.3) is 5.91 Å². The van der Waals surface area contributed by atoms with Gasteiger partial charge in [0, 0.05) is 33.8 Å². The Hall–Kier alpha value is -3.98. The van der Waals surface area contributed by atoms with Crippen LogP contribution in [0.2, 0.25) is 0 Å². The van der Waals surface area contributed by atoms with Crippen molar-refractivity contribution in [2.24, 2.45) is 0 Å². The maximum Gasteiger partial charge on any atom is 0.407 e. The number of carbonyl (C=O) groups is 2. The summed E-state index contributed by atoms with van der Waals surface area (Å²) >= 11 is 1.58. The second-order valence-corrected chi connectivity index (χ2v) is 12.6. The van der Waals surface area contributed by atoms with Crippen molar-refractivity contribution in [2.45, 2.75) is 71.6 Å². The molecule has 41 heavy (non-hydrogen) atoms. The lowest BCUT2D eigenvalue weighted by Gasteiger charge is -2.22. The highest BCUT2D eigenvalue weighted by molar-refractivity contribution is 7.13. The number of hydrogen-bond acceptors (Lipinski definition) is 7. The monoisotopic (exact) mass is 572 g/mol. The molecule has 1 atom stereocenters. The molecule has 0 spiro atoms. The van der Waals surface area contributed by atoms with E-state index < -0.39 is 17.2 Å². The zero-order chi connectivity index (χ0) is 29.4. The average Bonchev–Trinajstić information content (AvgIpc) is 3.45. The molecule has 5 rings (SSSR count). The Labute approximate surface area is 244 Å². The molecule has 0 aliphatic heterocycles. The largest absolute Gasteiger partial charge is 0.491 e. The fourth-order valence-electron chi connectivity index (χ4n) is 4.80. The van der Waals surface area contributed by atoms with E-state index in [0.29, 0.717) is 11.3 Å². The van der Waals surface area contributed by atoms with Crippen LogP contribution in [0.3, 0.4) is 0 Å². The highest BCUT2D eigenvalue weighted by Gasteiger charge is 2.47. The van der Waals surface area contributed by atoms with E-state index in [1.54, 1.807) is 23.6 Å². The quantitative estimate of drug-likeness (QED) is 0.244. The standard InChI is InChI=1S/C32H36N4O4S/c1-19-7-9-23(39-18-21(3)35-30(38)40-31(4,5)6)17-25(19)28(37)36-32(11-12-32)26-15-22(29-33-13-14-41-29)16-27-24(26)10-8-20(2)34-27/h7-10,13-17,21H,11-12,18H2,1-6H3,(H,35,38)(H,36,37)/t21-/m0/s1. The Morgan fingerprint density at radius 1 is 1.10 bits per heavy atom. The normalized spacial score (nSPS) is 14.8. The van der Waals surface area contributed by atoms with Gasteiger partial charge in [-0.2, -0.15) is 0 Å². The highest BCUT2D eigenvalue weighted by Crippen LogP contribution is 2.49. The molecular weight excluding hydrogens is 536 g/mol. The van der Waals surface area contributed by atoms with E-state index in [-0.39, 0.29) is 18.6 Å². The van der Waals surface area contributed by atoms with Crippen LogP contribution < -0.4 is 15.4 Å². The van der Waals surface area contributed by atoms with Crippen molar-refractivity contribution in [3.05, 3.63) is 76.4 Å². The fourth-order valence-corrected chi connectivity index (χ4v) is 5.43. The molecule has 4 aromatic rings. The molecule has 1 fully saturated rings. The van der Waals surface area contributed by atoms with Crippen molar-refractivity contribution in [2.75, 3.05) is 6.61 Å². The van der Waals surface area contributed by atoms with E-state index in [0.717, 1.165) is 51.1 Å². The van der Waals surface area contributed by atoms with Crippen LogP contribution in [0, 0.1) is 13.8 Å². The van der Waals surface area contributed by atoms with Crippen molar-refractivity contribution >= 4 is 34.2 Å². The van der Waals surface area contributed by atoms with Gasteiger partial charge in [0.1, 0.15) is 23.0 Å². The molecule has 2 heterocycles. The summed E-state index contributed by atoms with van der Waals surface area (Å²) in [5.41, 5.74) is 4.25. The molecule has 0 saturated heterocycles. The van der Waals surface area contributed by atoms with Gasteiger partial charge in [-0.05, 0) is 95.8 Å². The van der Waals surface area contributed by atoms with Crippen LogP contribution in [0.15, 0.2) is 54.0 Å². The van der Waals surface area contributed by atoms with E-state index in [1.165, 1.54) is 0 Å². The van der Waals surface area contributed by atoms with Crippen LogP contribution in [0.25, 0.3) is 21.5 Å². The molecule has 2 aromatic heterocycles. The number of aryl methyl sites for hydroxylation is 2. The van der Waals surface area contributed by atoms with Gasteiger partial charge in [-0.1, -0.05) is 12.1 Å². The van der Waals surface area contributed by atoms with Gasteiger partial charge in [-0.15, -0.1) is 11.3 Å². The number of nitrogens with zero attached hydrogens (tertiary/aromatic N) is 2. The lowest BCUT2D eigenvalue weighted by atomic mass is 9.95. The van der Waals surface area contributed by atoms with Gasteiger partial charge in [0.05, 0.1) is 17.1 Å². The first-order valence-corrected chi connectivity index (χ1v) is 14.7. The minimum Gasteiger partial charge on any atom is -0.491 e. The molecule has 214 valence electrons. The topological polar surface area (TPSA) is 102 Å². The van der Waals surface area contributed by atoms with E-state index >= 15 is 0 Å². The molecule has 2 N–H and O–H groups in total. The van der Waals surface area contributed by atoms with Gasteiger partial charge in [-0.25, -0.2) is 9.78 Å². The third kappa shape index (κ3) is 6.68. The average molecular weight is 573 g/mol. The number of thiazole rings is 1. The Morgan fingerprint density at radius 2 is 1.88 bits per heavy atom. The maximum atomic E-state index is 13.7. The van der Waals surface area contributed by atoms with Gasteiger partial charge >= 0.3 is 6.09 Å². The Balaban J connectivity index is 1.34. The number of pyridine rings is 1. The number of benzene rings is 2. The number of hydrogen-bond donors (Lipinski definition) is 2. The summed E-state index contributed by atoms with van der Waals surface area (Å²) in [6.45, 7) is 11.4. The Kier molecular flexibility index (Phi) is 7.74. The SMILES string of the molecule is Cc1ccc2c(C3(NC(=O)c4cc(OC[C@H](C)NC(=O)OC(C)(C)C)ccc4C)CC3)cc(-c3nccs3)cc2n1. The molecule has 1 aliphatic rings. The predicted molar refractivity (Wildman–Crippen MR) is 161 cm³/mol. The van der Waals surface area contributed by atoms with Crippen LogP contribution in [0.1, 0.15) is 67.7 Å². The van der Waals surface area contributed by atoms with E-state index in [9.17, 15) is 9.59 Å². The summed E-state index contributed by atoms with van der Waals surface area (Å²) in [6.07, 6.45) is 2.98. The number of nitrogens with one attached hydrogen (secondary N) is 2. The zero-order valence-electron chi connectivity index (χ0n) is 24.3. The summed E-state index contributed by atoms with van der Waals surface area (Å²) in [5.74, 6) is 0.401. The minimum absolute atomic E-state index is 0.154. The molecule has 0 bridgehead atoms. The molecule has 9 heteroatoms. The number of ether oxygens (including phenoxy) is 2. The summed E-state index contributed by atoms with van der Waals surface area (Å²) in [7, 11) is 0. The highest BCUT2D eigenvalue weighted by atomic mass is 32.1. The molecule has 0 unspecified atom stereocenters. The first-order valence-electron chi connectivity index (χ1n) is 13.8.